The van der Waals surface area contributed by atoms with Crippen LogP contribution in [0.2, 0.25) is 0 Å². The minimum atomic E-state index is -3.68. The van der Waals surface area contributed by atoms with Gasteiger partial charge in [-0.1, -0.05) is 19.9 Å². The van der Waals surface area contributed by atoms with Gasteiger partial charge in [0, 0.05) is 12.6 Å². The van der Waals surface area contributed by atoms with Gasteiger partial charge >= 0.3 is 5.97 Å². The third-order valence-corrected chi connectivity index (χ3v) is 6.33. The number of carbonyl (C=O) groups excluding carboxylic acids is 2. The van der Waals surface area contributed by atoms with E-state index >= 15 is 0 Å². The van der Waals surface area contributed by atoms with E-state index in [1.807, 2.05) is 0 Å². The minimum Gasteiger partial charge on any atom is -0.452 e. The Balaban J connectivity index is 1.96. The van der Waals surface area contributed by atoms with Gasteiger partial charge in [-0.25, -0.2) is 17.9 Å². The molecule has 8 heteroatoms. The summed E-state index contributed by atoms with van der Waals surface area (Å²) in [5.41, 5.74) is 0.713. The summed E-state index contributed by atoms with van der Waals surface area (Å²) in [5.74, 6) is -0.366. The van der Waals surface area contributed by atoms with Crippen molar-refractivity contribution in [2.75, 3.05) is 13.2 Å². The van der Waals surface area contributed by atoms with Crippen molar-refractivity contribution in [2.24, 2.45) is 5.92 Å². The molecule has 1 amide bonds. The number of hydrogen-bond donors (Lipinski definition) is 2. The first-order valence-electron chi connectivity index (χ1n) is 9.29. The summed E-state index contributed by atoms with van der Waals surface area (Å²) in [4.78, 5) is 24.3. The highest BCUT2D eigenvalue weighted by Gasteiger charge is 2.21. The molecule has 0 saturated heterocycles. The number of nitrogens with one attached hydrogen (secondary N) is 2. The molecule has 150 valence electrons. The van der Waals surface area contributed by atoms with Crippen LogP contribution in [0.3, 0.4) is 0 Å². The number of sulfonamides is 1. The van der Waals surface area contributed by atoms with Crippen LogP contribution in [0, 0.1) is 12.8 Å². The van der Waals surface area contributed by atoms with Gasteiger partial charge in [0.15, 0.2) is 6.61 Å². The van der Waals surface area contributed by atoms with Crippen molar-refractivity contribution < 1.29 is 22.7 Å². The van der Waals surface area contributed by atoms with E-state index in [1.165, 1.54) is 12.1 Å². The fourth-order valence-electron chi connectivity index (χ4n) is 3.14. The van der Waals surface area contributed by atoms with Gasteiger partial charge in [-0.3, -0.25) is 4.79 Å². The third kappa shape index (κ3) is 6.04. The predicted octanol–water partition coefficient (Wildman–Crippen LogP) is 2.14. The summed E-state index contributed by atoms with van der Waals surface area (Å²) in [6.45, 7) is 5.42. The fourth-order valence-corrected chi connectivity index (χ4v) is 4.21. The van der Waals surface area contributed by atoms with E-state index in [9.17, 15) is 18.0 Å². The van der Waals surface area contributed by atoms with Gasteiger partial charge in [0.2, 0.25) is 10.0 Å². The predicted molar refractivity (Wildman–Crippen MR) is 102 cm³/mol. The maximum atomic E-state index is 12.3. The smallest absolute Gasteiger partial charge is 0.338 e. The van der Waals surface area contributed by atoms with Crippen molar-refractivity contribution in [3.63, 3.8) is 0 Å². The summed E-state index contributed by atoms with van der Waals surface area (Å²) >= 11 is 0. The quantitative estimate of drug-likeness (QED) is 0.688. The molecule has 1 fully saturated rings. The molecule has 0 aliphatic heterocycles. The molecule has 27 heavy (non-hydrogen) atoms. The van der Waals surface area contributed by atoms with Crippen molar-refractivity contribution in [1.82, 2.24) is 10.0 Å². The average Bonchev–Trinajstić information content (AvgIpc) is 2.62. The van der Waals surface area contributed by atoms with Crippen LogP contribution >= 0.6 is 0 Å². The second kappa shape index (κ2) is 9.32. The Bertz CT molecular complexity index is 783. The zero-order chi connectivity index (χ0) is 20.0. The highest BCUT2D eigenvalue weighted by atomic mass is 32.2. The second-order valence-electron chi connectivity index (χ2n) is 7.08. The molecule has 0 aromatic heterocycles. The molecule has 0 spiro atoms. The van der Waals surface area contributed by atoms with Gasteiger partial charge in [0.25, 0.3) is 5.91 Å². The Morgan fingerprint density at radius 1 is 1.19 bits per heavy atom. The van der Waals surface area contributed by atoms with Gasteiger partial charge in [0.1, 0.15) is 0 Å². The van der Waals surface area contributed by atoms with Crippen LogP contribution in [0.5, 0.6) is 0 Å². The Kier molecular flexibility index (Phi) is 7.38. The molecule has 2 rings (SSSR count). The van der Waals surface area contributed by atoms with E-state index in [2.05, 4.69) is 17.0 Å². The Hall–Kier alpha value is -1.93. The summed E-state index contributed by atoms with van der Waals surface area (Å²) in [6.07, 6.45) is 4.03. The lowest BCUT2D eigenvalue weighted by Gasteiger charge is -2.26. The van der Waals surface area contributed by atoms with E-state index in [0.29, 0.717) is 11.5 Å². The van der Waals surface area contributed by atoms with E-state index in [4.69, 9.17) is 4.74 Å². The van der Waals surface area contributed by atoms with Crippen LogP contribution in [-0.2, 0) is 19.6 Å². The number of esters is 1. The van der Waals surface area contributed by atoms with E-state index in [0.717, 1.165) is 25.7 Å². The lowest BCUT2D eigenvalue weighted by atomic mass is 9.87. The van der Waals surface area contributed by atoms with Gasteiger partial charge in [-0.05, 0) is 56.2 Å². The van der Waals surface area contributed by atoms with Crippen molar-refractivity contribution in [3.8, 4) is 0 Å². The van der Waals surface area contributed by atoms with Crippen LogP contribution < -0.4 is 10.0 Å². The normalized spacial score (nSPS) is 20.1. The molecule has 1 saturated carbocycles. The molecule has 7 nitrogen and oxygen atoms in total. The molecule has 2 N–H and O–H groups in total. The molecule has 0 radical (unpaired) electrons. The van der Waals surface area contributed by atoms with Gasteiger partial charge in [-0.2, -0.15) is 0 Å². The van der Waals surface area contributed by atoms with Gasteiger partial charge in [-0.15, -0.1) is 0 Å². The number of aryl methyl sites for hydroxylation is 1. The van der Waals surface area contributed by atoms with Crippen LogP contribution in [0.4, 0.5) is 0 Å². The molecule has 0 atom stereocenters. The monoisotopic (exact) mass is 396 g/mol. The van der Waals surface area contributed by atoms with Crippen LogP contribution in [0.1, 0.15) is 55.5 Å². The minimum absolute atomic E-state index is 0.0114. The number of ether oxygens (including phenoxy) is 1. The van der Waals surface area contributed by atoms with Crippen LogP contribution in [-0.4, -0.2) is 39.5 Å². The molecule has 1 aromatic rings. The van der Waals surface area contributed by atoms with Gasteiger partial charge < -0.3 is 10.1 Å². The highest BCUT2D eigenvalue weighted by Crippen LogP contribution is 2.23. The Morgan fingerprint density at radius 3 is 2.48 bits per heavy atom. The molecule has 0 bridgehead atoms. The van der Waals surface area contributed by atoms with E-state index in [-0.39, 0.29) is 35.6 Å². The SMILES string of the molecule is CCNS(=O)(=O)c1ccc(C)c(C(=O)OCC(=O)NC2CCC(C)CC2)c1. The Morgan fingerprint density at radius 2 is 1.85 bits per heavy atom. The number of rotatable bonds is 7. The molecule has 1 aliphatic carbocycles. The van der Waals surface area contributed by atoms with Crippen molar-refractivity contribution >= 4 is 21.9 Å². The average molecular weight is 397 g/mol. The second-order valence-corrected chi connectivity index (χ2v) is 8.85. The largest absolute Gasteiger partial charge is 0.452 e. The van der Waals surface area contributed by atoms with Crippen molar-refractivity contribution in [2.45, 2.75) is 57.4 Å². The third-order valence-electron chi connectivity index (χ3n) is 4.79. The van der Waals surface area contributed by atoms with Crippen LogP contribution in [0.15, 0.2) is 23.1 Å². The molecular weight excluding hydrogens is 368 g/mol. The lowest BCUT2D eigenvalue weighted by Crippen LogP contribution is -2.39. The maximum Gasteiger partial charge on any atom is 0.338 e. The number of hydrogen-bond acceptors (Lipinski definition) is 5. The number of carbonyl (C=O) groups is 2. The standard InChI is InChI=1S/C19H28N2O5S/c1-4-20-27(24,25)16-10-7-14(3)17(11-16)19(23)26-12-18(22)21-15-8-5-13(2)6-9-15/h7,10-11,13,15,20H,4-6,8-9,12H2,1-3H3,(H,21,22). The first-order valence-corrected chi connectivity index (χ1v) is 10.8. The molecule has 0 heterocycles. The molecular formula is C19H28N2O5S. The zero-order valence-corrected chi connectivity index (χ0v) is 16.9. The van der Waals surface area contributed by atoms with Gasteiger partial charge in [0.05, 0.1) is 10.5 Å². The van der Waals surface area contributed by atoms with Crippen molar-refractivity contribution in [1.29, 1.82) is 0 Å². The molecule has 1 aromatic carbocycles. The number of benzene rings is 1. The Labute approximate surface area is 160 Å². The number of amides is 1. The summed E-state index contributed by atoms with van der Waals surface area (Å²) < 4.78 is 31.7. The summed E-state index contributed by atoms with van der Waals surface area (Å²) in [5, 5.41) is 2.89. The van der Waals surface area contributed by atoms with E-state index in [1.54, 1.807) is 19.9 Å². The highest BCUT2D eigenvalue weighted by molar-refractivity contribution is 7.89. The summed E-state index contributed by atoms with van der Waals surface area (Å²) in [7, 11) is -3.68. The van der Waals surface area contributed by atoms with Crippen LogP contribution in [0.25, 0.3) is 0 Å². The van der Waals surface area contributed by atoms with E-state index < -0.39 is 16.0 Å². The fraction of sp³-hybridized carbons (Fsp3) is 0.579. The maximum absolute atomic E-state index is 12.3. The van der Waals surface area contributed by atoms with Crippen molar-refractivity contribution in [3.05, 3.63) is 29.3 Å². The molecule has 1 aliphatic rings. The molecule has 0 unspecified atom stereocenters. The topological polar surface area (TPSA) is 102 Å². The lowest BCUT2D eigenvalue weighted by molar-refractivity contribution is -0.125. The first kappa shape index (κ1) is 21.4. The zero-order valence-electron chi connectivity index (χ0n) is 16.1. The summed E-state index contributed by atoms with van der Waals surface area (Å²) in [6, 6.07) is 4.38. The first-order chi connectivity index (χ1) is 12.7.